The van der Waals surface area contributed by atoms with Gasteiger partial charge < -0.3 is 5.32 Å². The van der Waals surface area contributed by atoms with E-state index in [0.717, 1.165) is 17.9 Å². The molecule has 0 saturated heterocycles. The van der Waals surface area contributed by atoms with Crippen LogP contribution in [0, 0.1) is 10.1 Å². The van der Waals surface area contributed by atoms with Crippen molar-refractivity contribution >= 4 is 46.6 Å². The van der Waals surface area contributed by atoms with E-state index >= 15 is 0 Å². The molecule has 0 aliphatic rings. The topological polar surface area (TPSA) is 72.2 Å². The van der Waals surface area contributed by atoms with E-state index in [0.29, 0.717) is 6.54 Å². The van der Waals surface area contributed by atoms with Gasteiger partial charge in [0.25, 0.3) is 11.6 Å². The van der Waals surface area contributed by atoms with Gasteiger partial charge in [-0.15, -0.1) is 0 Å². The minimum Gasteiger partial charge on any atom is -0.351 e. The molecule has 0 bridgehead atoms. The van der Waals surface area contributed by atoms with Crippen LogP contribution in [0.15, 0.2) is 12.1 Å². The number of halogens is 2. The van der Waals surface area contributed by atoms with E-state index in [1.165, 1.54) is 0 Å². The van der Waals surface area contributed by atoms with Crippen LogP contribution >= 0.6 is 35.0 Å². The number of carbonyl (C=O) groups is 1. The zero-order valence-electron chi connectivity index (χ0n) is 9.41. The Bertz CT molecular complexity index is 482. The highest BCUT2D eigenvalue weighted by atomic mass is 35.5. The van der Waals surface area contributed by atoms with Crippen LogP contribution < -0.4 is 5.32 Å². The lowest BCUT2D eigenvalue weighted by molar-refractivity contribution is -0.384. The third-order valence-electron chi connectivity index (χ3n) is 2.06. The molecule has 0 aromatic heterocycles. The minimum atomic E-state index is -0.624. The molecule has 18 heavy (non-hydrogen) atoms. The molecular weight excluding hydrogens is 299 g/mol. The van der Waals surface area contributed by atoms with Crippen molar-refractivity contribution in [2.75, 3.05) is 18.6 Å². The lowest BCUT2D eigenvalue weighted by Crippen LogP contribution is -2.26. The number of carbonyl (C=O) groups excluding carboxylic acids is 1. The smallest absolute Gasteiger partial charge is 0.271 e. The average molecular weight is 309 g/mol. The van der Waals surface area contributed by atoms with E-state index in [-0.39, 0.29) is 21.3 Å². The van der Waals surface area contributed by atoms with Crippen LogP contribution in [0.4, 0.5) is 5.69 Å². The van der Waals surface area contributed by atoms with E-state index in [1.807, 2.05) is 6.26 Å². The van der Waals surface area contributed by atoms with Crippen LogP contribution in [-0.4, -0.2) is 29.4 Å². The van der Waals surface area contributed by atoms with Gasteiger partial charge in [-0.05, 0) is 6.26 Å². The molecule has 1 rings (SSSR count). The molecule has 8 heteroatoms. The predicted octanol–water partition coefficient (Wildman–Crippen LogP) is 2.99. The second kappa shape index (κ2) is 6.82. The Kier molecular flexibility index (Phi) is 5.71. The van der Waals surface area contributed by atoms with Crippen molar-refractivity contribution in [2.24, 2.45) is 0 Å². The number of benzene rings is 1. The summed E-state index contributed by atoms with van der Waals surface area (Å²) in [6.45, 7) is 0.455. The van der Waals surface area contributed by atoms with E-state index in [4.69, 9.17) is 23.2 Å². The van der Waals surface area contributed by atoms with Crippen molar-refractivity contribution in [1.82, 2.24) is 5.32 Å². The second-order valence-electron chi connectivity index (χ2n) is 3.29. The number of nitro groups is 1. The lowest BCUT2D eigenvalue weighted by Gasteiger charge is -2.07. The maximum Gasteiger partial charge on any atom is 0.271 e. The van der Waals surface area contributed by atoms with Crippen molar-refractivity contribution in [2.45, 2.75) is 0 Å². The fourth-order valence-corrected chi connectivity index (χ4v) is 1.92. The average Bonchev–Trinajstić information content (AvgIpc) is 2.32. The van der Waals surface area contributed by atoms with Crippen molar-refractivity contribution < 1.29 is 9.72 Å². The number of nitro benzene ring substituents is 1. The van der Waals surface area contributed by atoms with Gasteiger partial charge in [0.2, 0.25) is 0 Å². The molecule has 1 amide bonds. The first-order valence-corrected chi connectivity index (χ1v) is 7.03. The van der Waals surface area contributed by atoms with E-state index < -0.39 is 10.8 Å². The van der Waals surface area contributed by atoms with Crippen LogP contribution in [0.3, 0.4) is 0 Å². The molecule has 0 aliphatic carbocycles. The van der Waals surface area contributed by atoms with Crippen LogP contribution in [-0.2, 0) is 0 Å². The zero-order valence-corrected chi connectivity index (χ0v) is 11.7. The zero-order chi connectivity index (χ0) is 13.7. The van der Waals surface area contributed by atoms with Gasteiger partial charge in [-0.2, -0.15) is 11.8 Å². The van der Waals surface area contributed by atoms with Crippen molar-refractivity contribution in [3.8, 4) is 0 Å². The van der Waals surface area contributed by atoms with E-state index in [2.05, 4.69) is 5.32 Å². The summed E-state index contributed by atoms with van der Waals surface area (Å²) in [5.41, 5.74) is -0.253. The summed E-state index contributed by atoms with van der Waals surface area (Å²) in [7, 11) is 0. The maximum atomic E-state index is 11.8. The number of hydrogen-bond acceptors (Lipinski definition) is 4. The molecule has 0 radical (unpaired) electrons. The standard InChI is InChI=1S/C10H10Cl2N2O3S/c1-18-3-2-13-10(15)7-4-6(14(16)17)5-8(11)9(7)12/h4-5H,2-3H2,1H3,(H,13,15). The third kappa shape index (κ3) is 3.76. The largest absolute Gasteiger partial charge is 0.351 e. The van der Waals surface area contributed by atoms with Gasteiger partial charge in [0.05, 0.1) is 20.5 Å². The lowest BCUT2D eigenvalue weighted by atomic mass is 10.2. The Balaban J connectivity index is 2.99. The third-order valence-corrected chi connectivity index (χ3v) is 3.47. The van der Waals surface area contributed by atoms with Gasteiger partial charge in [-0.1, -0.05) is 23.2 Å². The maximum absolute atomic E-state index is 11.8. The van der Waals surface area contributed by atoms with Gasteiger partial charge in [-0.3, -0.25) is 14.9 Å². The molecule has 0 unspecified atom stereocenters. The Morgan fingerprint density at radius 2 is 2.17 bits per heavy atom. The predicted molar refractivity (Wildman–Crippen MR) is 73.8 cm³/mol. The molecule has 5 nitrogen and oxygen atoms in total. The molecule has 1 N–H and O–H groups in total. The minimum absolute atomic E-state index is 0.0111. The van der Waals surface area contributed by atoms with E-state index in [9.17, 15) is 14.9 Å². The number of non-ortho nitro benzene ring substituents is 1. The molecule has 0 aliphatic heterocycles. The first-order valence-electron chi connectivity index (χ1n) is 4.88. The molecule has 1 aromatic carbocycles. The molecular formula is C10H10Cl2N2O3S. The van der Waals surface area contributed by atoms with Crippen molar-refractivity contribution in [1.29, 1.82) is 0 Å². The molecule has 0 heterocycles. The normalized spacial score (nSPS) is 10.2. The summed E-state index contributed by atoms with van der Waals surface area (Å²) in [6.07, 6.45) is 1.91. The fourth-order valence-electron chi connectivity index (χ4n) is 1.21. The van der Waals surface area contributed by atoms with E-state index in [1.54, 1.807) is 11.8 Å². The van der Waals surface area contributed by atoms with Gasteiger partial charge >= 0.3 is 0 Å². The van der Waals surface area contributed by atoms with Crippen LogP contribution in [0.25, 0.3) is 0 Å². The Labute approximate surface area is 118 Å². The second-order valence-corrected chi connectivity index (χ2v) is 5.07. The Morgan fingerprint density at radius 1 is 1.50 bits per heavy atom. The summed E-state index contributed by atoms with van der Waals surface area (Å²) in [5.74, 6) is 0.270. The number of hydrogen-bond donors (Lipinski definition) is 1. The fraction of sp³-hybridized carbons (Fsp3) is 0.300. The van der Waals surface area contributed by atoms with Crippen LogP contribution in [0.5, 0.6) is 0 Å². The molecule has 1 aromatic rings. The number of nitrogens with one attached hydrogen (secondary N) is 1. The molecule has 0 atom stereocenters. The molecule has 0 saturated carbocycles. The highest BCUT2D eigenvalue weighted by Crippen LogP contribution is 2.30. The first-order chi connectivity index (χ1) is 8.47. The monoisotopic (exact) mass is 308 g/mol. The SMILES string of the molecule is CSCCNC(=O)c1cc([N+](=O)[O-])cc(Cl)c1Cl. The summed E-state index contributed by atoms with van der Waals surface area (Å²) < 4.78 is 0. The van der Waals surface area contributed by atoms with Gasteiger partial charge in [0.15, 0.2) is 0 Å². The molecule has 98 valence electrons. The summed E-state index contributed by atoms with van der Waals surface area (Å²) in [5, 5.41) is 13.3. The number of nitrogens with zero attached hydrogens (tertiary/aromatic N) is 1. The molecule has 0 fully saturated rings. The summed E-state index contributed by atoms with van der Waals surface area (Å²) in [4.78, 5) is 21.8. The number of amides is 1. The van der Waals surface area contributed by atoms with Crippen LogP contribution in [0.1, 0.15) is 10.4 Å². The number of thioether (sulfide) groups is 1. The van der Waals surface area contributed by atoms with Crippen LogP contribution in [0.2, 0.25) is 10.0 Å². The quantitative estimate of drug-likeness (QED) is 0.515. The summed E-state index contributed by atoms with van der Waals surface area (Å²) >= 11 is 13.2. The van der Waals surface area contributed by atoms with Gasteiger partial charge in [0.1, 0.15) is 0 Å². The Morgan fingerprint density at radius 3 is 2.72 bits per heavy atom. The van der Waals surface area contributed by atoms with Gasteiger partial charge in [-0.25, -0.2) is 0 Å². The van der Waals surface area contributed by atoms with Gasteiger partial charge in [0, 0.05) is 24.4 Å². The summed E-state index contributed by atoms with van der Waals surface area (Å²) in [6, 6.07) is 2.23. The van der Waals surface area contributed by atoms with Crippen molar-refractivity contribution in [3.05, 3.63) is 37.9 Å². The highest BCUT2D eigenvalue weighted by molar-refractivity contribution is 7.98. The molecule has 0 spiro atoms. The Hall–Kier alpha value is -0.980. The highest BCUT2D eigenvalue weighted by Gasteiger charge is 2.18. The number of rotatable bonds is 5. The first kappa shape index (κ1) is 15.1. The van der Waals surface area contributed by atoms with Crippen molar-refractivity contribution in [3.63, 3.8) is 0 Å².